The number of methoxy groups -OCH3 is 1. The minimum Gasteiger partial charge on any atom is -0.383 e. The van der Waals surface area contributed by atoms with E-state index in [9.17, 15) is 0 Å². The van der Waals surface area contributed by atoms with Gasteiger partial charge in [-0.15, -0.1) is 0 Å². The van der Waals surface area contributed by atoms with Gasteiger partial charge in [0.05, 0.1) is 48.4 Å². The smallest absolute Gasteiger partial charge is 0.281 e. The highest BCUT2D eigenvalue weighted by atomic mass is 32.1. The lowest BCUT2D eigenvalue weighted by molar-refractivity contribution is -0.328. The van der Waals surface area contributed by atoms with Crippen molar-refractivity contribution in [2.75, 3.05) is 43.6 Å². The van der Waals surface area contributed by atoms with Gasteiger partial charge in [0.25, 0.3) is 5.82 Å². The van der Waals surface area contributed by atoms with Crippen molar-refractivity contribution in [3.05, 3.63) is 17.5 Å². The van der Waals surface area contributed by atoms with E-state index >= 15 is 0 Å². The normalized spacial score (nSPS) is 18.5. The van der Waals surface area contributed by atoms with Gasteiger partial charge in [-0.25, -0.2) is 15.0 Å². The molecule has 0 aromatic carbocycles. The fourth-order valence-electron chi connectivity index (χ4n) is 4.46. The maximum atomic E-state index is 6.22. The summed E-state index contributed by atoms with van der Waals surface area (Å²) >= 11 is 1.74. The molecular formula is C21H28N5O2S+. The van der Waals surface area contributed by atoms with Gasteiger partial charge in [0.2, 0.25) is 0 Å². The van der Waals surface area contributed by atoms with Crippen LogP contribution in [0.5, 0.6) is 0 Å². The largest absolute Gasteiger partial charge is 0.383 e. The fourth-order valence-corrected chi connectivity index (χ4v) is 5.60. The van der Waals surface area contributed by atoms with Crippen molar-refractivity contribution >= 4 is 43.4 Å². The second-order valence-electron chi connectivity index (χ2n) is 8.48. The minimum atomic E-state index is -0.176. The van der Waals surface area contributed by atoms with Gasteiger partial charge in [-0.05, 0) is 32.3 Å². The highest BCUT2D eigenvalue weighted by Crippen LogP contribution is 2.42. The van der Waals surface area contributed by atoms with Crippen molar-refractivity contribution in [2.45, 2.75) is 45.3 Å². The minimum absolute atomic E-state index is 0.176. The maximum Gasteiger partial charge on any atom is 0.281 e. The molecule has 1 fully saturated rings. The monoisotopic (exact) mass is 414 g/mol. The quantitative estimate of drug-likeness (QED) is 0.647. The van der Waals surface area contributed by atoms with Crippen LogP contribution in [-0.4, -0.2) is 48.9 Å². The molecule has 0 atom stereocenters. The summed E-state index contributed by atoms with van der Waals surface area (Å²) in [6.45, 7) is 8.56. The van der Waals surface area contributed by atoms with Crippen molar-refractivity contribution in [2.24, 2.45) is 0 Å². The first kappa shape index (κ1) is 19.0. The zero-order valence-corrected chi connectivity index (χ0v) is 18.1. The molecule has 0 bridgehead atoms. The van der Waals surface area contributed by atoms with Gasteiger partial charge in [0.15, 0.2) is 4.83 Å². The molecule has 154 valence electrons. The van der Waals surface area contributed by atoms with Crippen molar-refractivity contribution in [1.29, 1.82) is 0 Å². The zero-order chi connectivity index (χ0) is 20.0. The van der Waals surface area contributed by atoms with Gasteiger partial charge in [-0.3, -0.25) is 4.90 Å². The average molecular weight is 415 g/mol. The Labute approximate surface area is 174 Å². The van der Waals surface area contributed by atoms with Crippen LogP contribution in [0.4, 0.5) is 11.6 Å². The number of hydrogen-bond donors (Lipinski definition) is 1. The number of thiophene rings is 1. The van der Waals surface area contributed by atoms with Crippen LogP contribution >= 0.6 is 11.3 Å². The molecule has 2 aliphatic heterocycles. The van der Waals surface area contributed by atoms with Gasteiger partial charge < -0.3 is 14.8 Å². The summed E-state index contributed by atoms with van der Waals surface area (Å²) in [5, 5.41) is 4.63. The SMILES string of the molecule is COCCNc1ncnc2c1sc1[nH+]c(N3CCCC3)c3c(c12)CC(C)(C)OC3. The molecule has 0 amide bonds. The number of pyridine rings is 1. The summed E-state index contributed by atoms with van der Waals surface area (Å²) < 4.78 is 12.5. The van der Waals surface area contributed by atoms with Crippen LogP contribution in [-0.2, 0) is 22.5 Å². The number of nitrogens with zero attached hydrogens (tertiary/aromatic N) is 3. The Morgan fingerprint density at radius 3 is 2.90 bits per heavy atom. The maximum absolute atomic E-state index is 6.22. The van der Waals surface area contributed by atoms with Crippen molar-refractivity contribution in [3.8, 4) is 0 Å². The third-order valence-electron chi connectivity index (χ3n) is 5.89. The molecule has 1 saturated heterocycles. The van der Waals surface area contributed by atoms with E-state index in [1.165, 1.54) is 40.0 Å². The van der Waals surface area contributed by atoms with Gasteiger partial charge in [0.1, 0.15) is 16.8 Å². The fraction of sp³-hybridized carbons (Fsp3) is 0.571. The molecule has 0 radical (unpaired) electrons. The number of nitrogens with one attached hydrogen (secondary N) is 2. The van der Waals surface area contributed by atoms with Crippen LogP contribution in [0.2, 0.25) is 0 Å². The van der Waals surface area contributed by atoms with Crippen LogP contribution in [0, 0.1) is 0 Å². The number of fused-ring (bicyclic) bond motifs is 5. The molecule has 0 saturated carbocycles. The first-order valence-corrected chi connectivity index (χ1v) is 11.1. The highest BCUT2D eigenvalue weighted by molar-refractivity contribution is 7.25. The van der Waals surface area contributed by atoms with Crippen LogP contribution in [0.15, 0.2) is 6.33 Å². The van der Waals surface area contributed by atoms with E-state index in [-0.39, 0.29) is 5.60 Å². The second-order valence-corrected chi connectivity index (χ2v) is 9.50. The molecular weight excluding hydrogens is 386 g/mol. The predicted octanol–water partition coefficient (Wildman–Crippen LogP) is 3.17. The third kappa shape index (κ3) is 3.33. The third-order valence-corrected chi connectivity index (χ3v) is 6.99. The Morgan fingerprint density at radius 1 is 1.28 bits per heavy atom. The van der Waals surface area contributed by atoms with E-state index in [1.807, 2.05) is 0 Å². The van der Waals surface area contributed by atoms with Crippen molar-refractivity contribution in [3.63, 3.8) is 0 Å². The lowest BCUT2D eigenvalue weighted by Gasteiger charge is -2.32. The summed E-state index contributed by atoms with van der Waals surface area (Å²) in [4.78, 5) is 16.6. The van der Waals surface area contributed by atoms with Crippen molar-refractivity contribution in [1.82, 2.24) is 9.97 Å². The number of H-pyrrole nitrogens is 1. The van der Waals surface area contributed by atoms with Gasteiger partial charge >= 0.3 is 0 Å². The molecule has 2 aliphatic rings. The Hall–Kier alpha value is -2.03. The number of rotatable bonds is 5. The van der Waals surface area contributed by atoms with E-state index in [2.05, 4.69) is 34.0 Å². The molecule has 3 aromatic heterocycles. The molecule has 0 unspecified atom stereocenters. The average Bonchev–Trinajstić information content (AvgIpc) is 3.35. The second kappa shape index (κ2) is 7.34. The predicted molar refractivity (Wildman–Crippen MR) is 116 cm³/mol. The van der Waals surface area contributed by atoms with E-state index in [4.69, 9.17) is 14.5 Å². The number of aromatic amines is 1. The van der Waals surface area contributed by atoms with Gasteiger partial charge in [0, 0.05) is 20.1 Å². The Morgan fingerprint density at radius 2 is 2.10 bits per heavy atom. The molecule has 0 aliphatic carbocycles. The van der Waals surface area contributed by atoms with Crippen LogP contribution in [0.3, 0.4) is 0 Å². The molecule has 5 heterocycles. The molecule has 2 N–H and O–H groups in total. The molecule has 3 aromatic rings. The highest BCUT2D eigenvalue weighted by Gasteiger charge is 2.36. The van der Waals surface area contributed by atoms with E-state index in [0.29, 0.717) is 13.2 Å². The Balaban J connectivity index is 1.72. The standard InChI is InChI=1S/C21H27N5O2S/c1-21(2)10-13-14(11-28-21)19(26-7-4-5-8-26)25-20-15(13)16-17(29-20)18(24-12-23-16)22-6-9-27-3/h12H,4-11H2,1-3H3,(H,22,23,24)/p+1. The summed E-state index contributed by atoms with van der Waals surface area (Å²) in [6, 6.07) is 0. The lowest BCUT2D eigenvalue weighted by Crippen LogP contribution is -2.36. The lowest BCUT2D eigenvalue weighted by atomic mass is 9.90. The molecule has 7 nitrogen and oxygen atoms in total. The Kier molecular flexibility index (Phi) is 4.80. The van der Waals surface area contributed by atoms with E-state index in [1.54, 1.807) is 24.8 Å². The summed E-state index contributed by atoms with van der Waals surface area (Å²) in [5.74, 6) is 2.11. The van der Waals surface area contributed by atoms with Crippen LogP contribution < -0.4 is 15.2 Å². The number of aromatic nitrogens is 3. The summed E-state index contributed by atoms with van der Waals surface area (Å²) in [6.07, 6.45) is 5.04. The number of ether oxygens (including phenoxy) is 2. The first-order chi connectivity index (χ1) is 14.1. The molecule has 8 heteroatoms. The molecule has 0 spiro atoms. The zero-order valence-electron chi connectivity index (χ0n) is 17.3. The number of hydrogen-bond acceptors (Lipinski definition) is 7. The molecule has 29 heavy (non-hydrogen) atoms. The van der Waals surface area contributed by atoms with Crippen LogP contribution in [0.1, 0.15) is 37.8 Å². The van der Waals surface area contributed by atoms with Gasteiger partial charge in [-0.1, -0.05) is 11.3 Å². The van der Waals surface area contributed by atoms with Crippen LogP contribution in [0.25, 0.3) is 20.4 Å². The topological polar surface area (TPSA) is 73.7 Å². The first-order valence-electron chi connectivity index (χ1n) is 10.3. The van der Waals surface area contributed by atoms with E-state index in [0.717, 1.165) is 42.1 Å². The van der Waals surface area contributed by atoms with E-state index < -0.39 is 0 Å². The summed E-state index contributed by atoms with van der Waals surface area (Å²) in [7, 11) is 1.71. The molecule has 5 rings (SSSR count). The number of anilines is 2. The van der Waals surface area contributed by atoms with Gasteiger partial charge in [-0.2, -0.15) is 0 Å². The summed E-state index contributed by atoms with van der Waals surface area (Å²) in [5.41, 5.74) is 3.53. The van der Waals surface area contributed by atoms with Crippen molar-refractivity contribution < 1.29 is 14.5 Å². The Bertz CT molecular complexity index is 1060.